The van der Waals surface area contributed by atoms with E-state index in [-0.39, 0.29) is 16.6 Å². The van der Waals surface area contributed by atoms with Gasteiger partial charge in [0.2, 0.25) is 0 Å². The van der Waals surface area contributed by atoms with Crippen LogP contribution in [0, 0.1) is 11.3 Å². The molecule has 2 atom stereocenters. The van der Waals surface area contributed by atoms with Crippen LogP contribution in [0.3, 0.4) is 0 Å². The Morgan fingerprint density at radius 1 is 1.55 bits per heavy atom. The summed E-state index contributed by atoms with van der Waals surface area (Å²) in [5.74, 6) is 0.698. The van der Waals surface area contributed by atoms with Crippen LogP contribution in [0.15, 0.2) is 0 Å². The number of hydrogen-bond donors (Lipinski definition) is 0. The van der Waals surface area contributed by atoms with E-state index < -0.39 is 0 Å². The number of hydrogen-bond acceptors (Lipinski definition) is 1. The number of carbonyl (C=O) groups excluding carboxylic acids is 1. The molecule has 1 aliphatic carbocycles. The Kier molecular flexibility index (Phi) is 2.29. The summed E-state index contributed by atoms with van der Waals surface area (Å²) < 4.78 is 0. The van der Waals surface area contributed by atoms with Gasteiger partial charge in [0.1, 0.15) is 0 Å². The Bertz CT molecular complexity index is 174. The smallest absolute Gasteiger partial charge is 0.150 e. The summed E-state index contributed by atoms with van der Waals surface area (Å²) in [5.41, 5.74) is 0.236. The SMILES string of the molecule is C[C@H]1CC(=O)[C@@H](Cl)CC1(C)C. The van der Waals surface area contributed by atoms with Gasteiger partial charge in [0, 0.05) is 6.42 Å². The van der Waals surface area contributed by atoms with Crippen molar-refractivity contribution in [2.75, 3.05) is 0 Å². The highest BCUT2D eigenvalue weighted by Gasteiger charge is 2.37. The number of ketones is 1. The fraction of sp³-hybridized carbons (Fsp3) is 0.889. The van der Waals surface area contributed by atoms with E-state index in [9.17, 15) is 4.79 Å². The van der Waals surface area contributed by atoms with Crippen LogP contribution >= 0.6 is 11.6 Å². The molecule has 1 aliphatic rings. The summed E-state index contributed by atoms with van der Waals surface area (Å²) in [4.78, 5) is 11.2. The van der Waals surface area contributed by atoms with Gasteiger partial charge in [-0.05, 0) is 17.8 Å². The molecule has 0 amide bonds. The first-order valence-corrected chi connectivity index (χ1v) is 4.54. The van der Waals surface area contributed by atoms with Gasteiger partial charge >= 0.3 is 0 Å². The van der Waals surface area contributed by atoms with E-state index in [1.807, 2.05) is 0 Å². The van der Waals surface area contributed by atoms with Gasteiger partial charge in [0.05, 0.1) is 5.38 Å². The zero-order chi connectivity index (χ0) is 8.65. The molecule has 1 fully saturated rings. The maximum absolute atomic E-state index is 11.2. The number of alkyl halides is 1. The molecule has 2 heteroatoms. The Morgan fingerprint density at radius 2 is 2.09 bits per heavy atom. The molecule has 0 N–H and O–H groups in total. The standard InChI is InChI=1S/C9H15ClO/c1-6-4-8(11)7(10)5-9(6,2)3/h6-7H,4-5H2,1-3H3/t6-,7-/m0/s1. The molecular formula is C9H15ClO. The molecule has 0 radical (unpaired) electrons. The number of halogens is 1. The van der Waals surface area contributed by atoms with E-state index in [1.165, 1.54) is 0 Å². The monoisotopic (exact) mass is 174 g/mol. The second-order valence-corrected chi connectivity index (χ2v) is 4.76. The van der Waals surface area contributed by atoms with Gasteiger partial charge in [0.15, 0.2) is 5.78 Å². The van der Waals surface area contributed by atoms with E-state index in [0.29, 0.717) is 12.3 Å². The summed E-state index contributed by atoms with van der Waals surface area (Å²) in [7, 11) is 0. The largest absolute Gasteiger partial charge is 0.298 e. The Balaban J connectivity index is 2.70. The summed E-state index contributed by atoms with van der Waals surface area (Å²) >= 11 is 5.87. The fourth-order valence-corrected chi connectivity index (χ4v) is 1.97. The van der Waals surface area contributed by atoms with E-state index >= 15 is 0 Å². The predicted octanol–water partition coefficient (Wildman–Crippen LogP) is 2.62. The third kappa shape index (κ3) is 1.76. The van der Waals surface area contributed by atoms with Gasteiger partial charge < -0.3 is 0 Å². The van der Waals surface area contributed by atoms with Gasteiger partial charge in [-0.3, -0.25) is 4.79 Å². The van der Waals surface area contributed by atoms with Crippen molar-refractivity contribution in [1.82, 2.24) is 0 Å². The number of carbonyl (C=O) groups is 1. The second-order valence-electron chi connectivity index (χ2n) is 4.23. The summed E-state index contributed by atoms with van der Waals surface area (Å²) in [6, 6.07) is 0. The van der Waals surface area contributed by atoms with Crippen molar-refractivity contribution in [3.05, 3.63) is 0 Å². The zero-order valence-corrected chi connectivity index (χ0v) is 8.11. The highest BCUT2D eigenvalue weighted by Crippen LogP contribution is 2.40. The number of rotatable bonds is 0. The van der Waals surface area contributed by atoms with Crippen molar-refractivity contribution in [1.29, 1.82) is 0 Å². The lowest BCUT2D eigenvalue weighted by Gasteiger charge is -2.37. The summed E-state index contributed by atoms with van der Waals surface area (Å²) in [5, 5.41) is -0.235. The average Bonchev–Trinajstić information content (AvgIpc) is 1.83. The topological polar surface area (TPSA) is 17.1 Å². The Morgan fingerprint density at radius 3 is 2.55 bits per heavy atom. The van der Waals surface area contributed by atoms with Crippen molar-refractivity contribution in [3.63, 3.8) is 0 Å². The van der Waals surface area contributed by atoms with Crippen molar-refractivity contribution < 1.29 is 4.79 Å². The fourth-order valence-electron chi connectivity index (χ4n) is 1.48. The molecule has 64 valence electrons. The van der Waals surface area contributed by atoms with E-state index in [1.54, 1.807) is 0 Å². The van der Waals surface area contributed by atoms with Crippen LogP contribution in [0.5, 0.6) is 0 Å². The third-order valence-electron chi connectivity index (χ3n) is 2.90. The van der Waals surface area contributed by atoms with Gasteiger partial charge in [-0.15, -0.1) is 11.6 Å². The van der Waals surface area contributed by atoms with Gasteiger partial charge in [-0.1, -0.05) is 20.8 Å². The summed E-state index contributed by atoms with van der Waals surface area (Å²) in [6.45, 7) is 6.49. The third-order valence-corrected chi connectivity index (χ3v) is 3.29. The molecule has 0 aromatic carbocycles. The van der Waals surface area contributed by atoms with E-state index in [2.05, 4.69) is 20.8 Å². The highest BCUT2D eigenvalue weighted by molar-refractivity contribution is 6.31. The second kappa shape index (κ2) is 2.78. The molecule has 0 aromatic rings. The van der Waals surface area contributed by atoms with Gasteiger partial charge in [-0.25, -0.2) is 0 Å². The summed E-state index contributed by atoms with van der Waals surface area (Å²) in [6.07, 6.45) is 1.48. The first-order chi connectivity index (χ1) is 4.93. The van der Waals surface area contributed by atoms with Crippen LogP contribution in [0.1, 0.15) is 33.6 Å². The highest BCUT2D eigenvalue weighted by atomic mass is 35.5. The lowest BCUT2D eigenvalue weighted by molar-refractivity contribution is -0.123. The van der Waals surface area contributed by atoms with Crippen molar-refractivity contribution in [3.8, 4) is 0 Å². The van der Waals surface area contributed by atoms with Crippen molar-refractivity contribution >= 4 is 17.4 Å². The van der Waals surface area contributed by atoms with Gasteiger partial charge in [0.25, 0.3) is 0 Å². The minimum Gasteiger partial charge on any atom is -0.298 e. The Labute approximate surface area is 73.1 Å². The molecule has 1 nitrogen and oxygen atoms in total. The molecule has 0 aromatic heterocycles. The molecule has 0 heterocycles. The Hall–Kier alpha value is -0.0400. The van der Waals surface area contributed by atoms with Crippen LogP contribution in [0.4, 0.5) is 0 Å². The first kappa shape index (κ1) is 9.05. The molecule has 0 saturated heterocycles. The van der Waals surface area contributed by atoms with Crippen LogP contribution in [0.2, 0.25) is 0 Å². The lowest BCUT2D eigenvalue weighted by Crippen LogP contribution is -2.36. The van der Waals surface area contributed by atoms with Crippen LogP contribution in [0.25, 0.3) is 0 Å². The minimum absolute atomic E-state index is 0.221. The van der Waals surface area contributed by atoms with Crippen molar-refractivity contribution in [2.45, 2.75) is 39.0 Å². The zero-order valence-electron chi connectivity index (χ0n) is 7.36. The van der Waals surface area contributed by atoms with E-state index in [4.69, 9.17) is 11.6 Å². The van der Waals surface area contributed by atoms with Crippen LogP contribution in [-0.2, 0) is 4.79 Å². The van der Waals surface area contributed by atoms with Gasteiger partial charge in [-0.2, -0.15) is 0 Å². The number of Topliss-reactive ketones (excluding diaryl/α,β-unsaturated/α-hetero) is 1. The lowest BCUT2D eigenvalue weighted by atomic mass is 9.69. The van der Waals surface area contributed by atoms with Crippen LogP contribution < -0.4 is 0 Å². The normalized spacial score (nSPS) is 37.3. The predicted molar refractivity (Wildman–Crippen MR) is 46.8 cm³/mol. The molecule has 1 saturated carbocycles. The molecule has 0 spiro atoms. The molecule has 11 heavy (non-hydrogen) atoms. The maximum Gasteiger partial charge on any atom is 0.150 e. The van der Waals surface area contributed by atoms with Crippen LogP contribution in [-0.4, -0.2) is 11.2 Å². The minimum atomic E-state index is -0.235. The molecule has 0 unspecified atom stereocenters. The quantitative estimate of drug-likeness (QED) is 0.516. The molecule has 0 bridgehead atoms. The molecule has 0 aliphatic heterocycles. The first-order valence-electron chi connectivity index (χ1n) is 4.10. The molecule has 1 rings (SSSR count). The van der Waals surface area contributed by atoms with E-state index in [0.717, 1.165) is 6.42 Å². The maximum atomic E-state index is 11.2. The average molecular weight is 175 g/mol. The molecular weight excluding hydrogens is 160 g/mol. The van der Waals surface area contributed by atoms with Crippen molar-refractivity contribution in [2.24, 2.45) is 11.3 Å².